The van der Waals surface area contributed by atoms with E-state index in [0.717, 1.165) is 6.42 Å². The Hall–Kier alpha value is -0.260. The van der Waals surface area contributed by atoms with E-state index in [9.17, 15) is 4.79 Å². The zero-order chi connectivity index (χ0) is 12.4. The molecule has 1 N–H and O–H groups in total. The molecule has 1 unspecified atom stereocenters. The predicted octanol–water partition coefficient (Wildman–Crippen LogP) is 1.11. The quantitative estimate of drug-likeness (QED) is 0.475. The van der Waals surface area contributed by atoms with Gasteiger partial charge in [0, 0.05) is 20.3 Å². The van der Waals surface area contributed by atoms with Crippen LogP contribution < -0.4 is 5.32 Å². The monoisotopic (exact) mass is 249 g/mol. The summed E-state index contributed by atoms with van der Waals surface area (Å²) in [4.78, 5) is 11.5. The Bertz CT molecular complexity index is 188. The average Bonchev–Trinajstić information content (AvgIpc) is 2.26. The van der Waals surface area contributed by atoms with Crippen LogP contribution in [0.3, 0.4) is 0 Å². The van der Waals surface area contributed by atoms with Gasteiger partial charge in [-0.1, -0.05) is 13.8 Å². The van der Waals surface area contributed by atoms with Gasteiger partial charge in [-0.05, 0) is 12.3 Å². The van der Waals surface area contributed by atoms with Gasteiger partial charge in [-0.3, -0.25) is 4.79 Å². The SMILES string of the molecule is COCCOCCCNC(=O)C(S)C(C)C. The minimum atomic E-state index is -0.227. The molecule has 0 aromatic rings. The highest BCUT2D eigenvalue weighted by molar-refractivity contribution is 7.81. The summed E-state index contributed by atoms with van der Waals surface area (Å²) >= 11 is 4.23. The van der Waals surface area contributed by atoms with Crippen LogP contribution in [0.15, 0.2) is 0 Å². The number of methoxy groups -OCH3 is 1. The molecule has 5 heteroatoms. The Kier molecular flexibility index (Phi) is 9.77. The van der Waals surface area contributed by atoms with Gasteiger partial charge in [-0.15, -0.1) is 0 Å². The van der Waals surface area contributed by atoms with E-state index in [1.807, 2.05) is 13.8 Å². The summed E-state index contributed by atoms with van der Waals surface area (Å²) < 4.78 is 10.1. The number of hydrogen-bond acceptors (Lipinski definition) is 4. The van der Waals surface area contributed by atoms with Gasteiger partial charge >= 0.3 is 0 Å². The lowest BCUT2D eigenvalue weighted by Crippen LogP contribution is -2.35. The lowest BCUT2D eigenvalue weighted by molar-refractivity contribution is -0.121. The third kappa shape index (κ3) is 7.96. The van der Waals surface area contributed by atoms with Crippen LogP contribution in [0.25, 0.3) is 0 Å². The highest BCUT2D eigenvalue weighted by atomic mass is 32.1. The van der Waals surface area contributed by atoms with Gasteiger partial charge in [0.15, 0.2) is 0 Å². The third-order valence-corrected chi connectivity index (χ3v) is 2.93. The molecule has 96 valence electrons. The molecule has 1 atom stereocenters. The number of amides is 1. The van der Waals surface area contributed by atoms with Crippen molar-refractivity contribution in [2.75, 3.05) is 33.5 Å². The number of ether oxygens (including phenoxy) is 2. The van der Waals surface area contributed by atoms with E-state index < -0.39 is 0 Å². The van der Waals surface area contributed by atoms with Crippen molar-refractivity contribution in [2.45, 2.75) is 25.5 Å². The van der Waals surface area contributed by atoms with Crippen LogP contribution in [-0.4, -0.2) is 44.6 Å². The number of carbonyl (C=O) groups is 1. The normalized spacial score (nSPS) is 12.8. The van der Waals surface area contributed by atoms with Crippen molar-refractivity contribution >= 4 is 18.5 Å². The van der Waals surface area contributed by atoms with Gasteiger partial charge < -0.3 is 14.8 Å². The van der Waals surface area contributed by atoms with Crippen LogP contribution in [0.1, 0.15) is 20.3 Å². The van der Waals surface area contributed by atoms with Crippen LogP contribution in [0, 0.1) is 5.92 Å². The highest BCUT2D eigenvalue weighted by Crippen LogP contribution is 2.08. The van der Waals surface area contributed by atoms with E-state index in [4.69, 9.17) is 9.47 Å². The standard InChI is InChI=1S/C11H23NO3S/c1-9(2)10(16)11(13)12-5-4-6-15-8-7-14-3/h9-10,16H,4-8H2,1-3H3,(H,12,13). The Labute approximate surface area is 103 Å². The maximum atomic E-state index is 11.5. The summed E-state index contributed by atoms with van der Waals surface area (Å²) in [5.74, 6) is 0.247. The maximum Gasteiger partial charge on any atom is 0.233 e. The summed E-state index contributed by atoms with van der Waals surface area (Å²) in [6.07, 6.45) is 0.814. The second-order valence-corrected chi connectivity index (χ2v) is 4.49. The van der Waals surface area contributed by atoms with Crippen molar-refractivity contribution in [3.63, 3.8) is 0 Å². The molecule has 4 nitrogen and oxygen atoms in total. The zero-order valence-electron chi connectivity index (χ0n) is 10.4. The Balaban J connectivity index is 3.34. The van der Waals surface area contributed by atoms with Gasteiger partial charge in [0.2, 0.25) is 5.91 Å². The number of rotatable bonds is 9. The molecular weight excluding hydrogens is 226 g/mol. The van der Waals surface area contributed by atoms with Crippen LogP contribution in [-0.2, 0) is 14.3 Å². The summed E-state index contributed by atoms with van der Waals surface area (Å²) in [6.45, 7) is 6.44. The van der Waals surface area contributed by atoms with E-state index in [-0.39, 0.29) is 17.1 Å². The Morgan fingerprint density at radius 3 is 2.56 bits per heavy atom. The molecule has 0 rings (SSSR count). The number of carbonyl (C=O) groups excluding carboxylic acids is 1. The van der Waals surface area contributed by atoms with E-state index in [0.29, 0.717) is 26.4 Å². The first-order valence-electron chi connectivity index (χ1n) is 5.62. The summed E-state index contributed by atoms with van der Waals surface area (Å²) in [5.41, 5.74) is 0. The van der Waals surface area contributed by atoms with E-state index >= 15 is 0 Å². The van der Waals surface area contributed by atoms with Crippen molar-refractivity contribution in [2.24, 2.45) is 5.92 Å². The van der Waals surface area contributed by atoms with Crippen LogP contribution in [0.5, 0.6) is 0 Å². The first-order chi connectivity index (χ1) is 7.59. The topological polar surface area (TPSA) is 47.6 Å². The maximum absolute atomic E-state index is 11.5. The van der Waals surface area contributed by atoms with Gasteiger partial charge in [-0.25, -0.2) is 0 Å². The zero-order valence-corrected chi connectivity index (χ0v) is 11.3. The van der Waals surface area contributed by atoms with Crippen molar-refractivity contribution in [3.05, 3.63) is 0 Å². The second kappa shape index (κ2) is 9.93. The molecule has 0 spiro atoms. The molecule has 0 fully saturated rings. The lowest BCUT2D eigenvalue weighted by atomic mass is 10.1. The van der Waals surface area contributed by atoms with Gasteiger partial charge in [0.25, 0.3) is 0 Å². The van der Waals surface area contributed by atoms with Crippen LogP contribution >= 0.6 is 12.6 Å². The van der Waals surface area contributed by atoms with Gasteiger partial charge in [0.1, 0.15) is 0 Å². The average molecular weight is 249 g/mol. The fourth-order valence-corrected chi connectivity index (χ4v) is 1.13. The lowest BCUT2D eigenvalue weighted by Gasteiger charge is -2.14. The molecule has 0 radical (unpaired) electrons. The van der Waals surface area contributed by atoms with Crippen LogP contribution in [0.4, 0.5) is 0 Å². The Morgan fingerprint density at radius 2 is 2.00 bits per heavy atom. The highest BCUT2D eigenvalue weighted by Gasteiger charge is 2.16. The summed E-state index contributed by atoms with van der Waals surface area (Å²) in [7, 11) is 1.64. The number of hydrogen-bond donors (Lipinski definition) is 2. The van der Waals surface area contributed by atoms with Crippen molar-refractivity contribution < 1.29 is 14.3 Å². The predicted molar refractivity (Wildman–Crippen MR) is 67.9 cm³/mol. The first kappa shape index (κ1) is 15.7. The molecule has 1 amide bonds. The molecule has 16 heavy (non-hydrogen) atoms. The summed E-state index contributed by atoms with van der Waals surface area (Å²) in [6, 6.07) is 0. The van der Waals surface area contributed by atoms with Crippen molar-refractivity contribution in [3.8, 4) is 0 Å². The summed E-state index contributed by atoms with van der Waals surface area (Å²) in [5, 5.41) is 2.60. The molecular formula is C11H23NO3S. The third-order valence-electron chi connectivity index (χ3n) is 2.10. The minimum Gasteiger partial charge on any atom is -0.382 e. The molecule has 0 saturated heterocycles. The molecule has 0 aliphatic heterocycles. The van der Waals surface area contributed by atoms with Gasteiger partial charge in [0.05, 0.1) is 18.5 Å². The Morgan fingerprint density at radius 1 is 1.31 bits per heavy atom. The van der Waals surface area contributed by atoms with Crippen molar-refractivity contribution in [1.82, 2.24) is 5.32 Å². The van der Waals surface area contributed by atoms with E-state index in [1.54, 1.807) is 7.11 Å². The minimum absolute atomic E-state index is 0.00442. The molecule has 0 aliphatic carbocycles. The molecule has 0 bridgehead atoms. The number of nitrogens with one attached hydrogen (secondary N) is 1. The number of thiol groups is 1. The first-order valence-corrected chi connectivity index (χ1v) is 6.13. The molecule has 0 aliphatic rings. The smallest absolute Gasteiger partial charge is 0.233 e. The molecule has 0 heterocycles. The largest absolute Gasteiger partial charge is 0.382 e. The van der Waals surface area contributed by atoms with Crippen molar-refractivity contribution in [1.29, 1.82) is 0 Å². The van der Waals surface area contributed by atoms with E-state index in [2.05, 4.69) is 17.9 Å². The van der Waals surface area contributed by atoms with Gasteiger partial charge in [-0.2, -0.15) is 12.6 Å². The fourth-order valence-electron chi connectivity index (χ4n) is 1.04. The fraction of sp³-hybridized carbons (Fsp3) is 0.909. The van der Waals surface area contributed by atoms with Crippen LogP contribution in [0.2, 0.25) is 0 Å². The van der Waals surface area contributed by atoms with E-state index in [1.165, 1.54) is 0 Å². The second-order valence-electron chi connectivity index (χ2n) is 3.94. The molecule has 0 saturated carbocycles. The molecule has 0 aromatic heterocycles. The molecule has 0 aromatic carbocycles.